The topological polar surface area (TPSA) is 304 Å². The van der Waals surface area contributed by atoms with Crippen molar-refractivity contribution in [3.05, 3.63) is 144 Å². The Morgan fingerprint density at radius 3 is 1.07 bits per heavy atom. The number of hydrogen-bond donors (Lipinski definition) is 10. The summed E-state index contributed by atoms with van der Waals surface area (Å²) in [7, 11) is 0. The molecular formula is C52H66O21. The van der Waals surface area contributed by atoms with Crippen LogP contribution in [0.15, 0.2) is 121 Å². The predicted molar refractivity (Wildman–Crippen MR) is 250 cm³/mol. The van der Waals surface area contributed by atoms with E-state index < -0.39 is 149 Å². The maximum Gasteiger partial charge on any atom is 0.187 e. The Bertz CT molecular complexity index is 2180. The lowest BCUT2D eigenvalue weighted by Crippen LogP contribution is -2.67. The molecule has 0 bridgehead atoms. The summed E-state index contributed by atoms with van der Waals surface area (Å²) in [5.74, 6) is 0. The number of ether oxygens (including phenoxy) is 11. The first-order chi connectivity index (χ1) is 35.5. The van der Waals surface area contributed by atoms with Gasteiger partial charge in [-0.3, -0.25) is 0 Å². The molecule has 0 aliphatic carbocycles. The third-order valence-electron chi connectivity index (χ3n) is 13.2. The molecule has 10 N–H and O–H groups in total. The Morgan fingerprint density at radius 2 is 0.644 bits per heavy atom. The fraction of sp³-hybridized carbons (Fsp3) is 0.538. The van der Waals surface area contributed by atoms with Gasteiger partial charge in [0.2, 0.25) is 0 Å². The molecular weight excluding hydrogens is 961 g/mol. The molecule has 4 saturated heterocycles. The first-order valence-corrected chi connectivity index (χ1v) is 24.2. The molecule has 4 heterocycles. The van der Waals surface area contributed by atoms with Gasteiger partial charge in [0.1, 0.15) is 97.7 Å². The van der Waals surface area contributed by atoms with E-state index in [1.165, 1.54) is 0 Å². The van der Waals surface area contributed by atoms with E-state index in [4.69, 9.17) is 52.1 Å². The minimum atomic E-state index is -1.95. The lowest BCUT2D eigenvalue weighted by molar-refractivity contribution is -0.389. The summed E-state index contributed by atoms with van der Waals surface area (Å²) in [5, 5.41) is 112. The van der Waals surface area contributed by atoms with Crippen molar-refractivity contribution in [2.75, 3.05) is 26.4 Å². The summed E-state index contributed by atoms with van der Waals surface area (Å²) in [6.45, 7) is -2.82. The van der Waals surface area contributed by atoms with Crippen LogP contribution in [0.25, 0.3) is 0 Å². The molecule has 8 rings (SSSR count). The highest BCUT2D eigenvalue weighted by Gasteiger charge is 2.56. The molecule has 0 spiro atoms. The van der Waals surface area contributed by atoms with Crippen LogP contribution >= 0.6 is 0 Å². The van der Waals surface area contributed by atoms with E-state index in [0.717, 1.165) is 11.1 Å². The molecule has 20 atom stereocenters. The number of hydrogen-bond acceptors (Lipinski definition) is 21. The van der Waals surface area contributed by atoms with Gasteiger partial charge >= 0.3 is 0 Å². The number of rotatable bonds is 22. The Morgan fingerprint density at radius 1 is 0.315 bits per heavy atom. The molecule has 4 aliphatic heterocycles. The van der Waals surface area contributed by atoms with Crippen molar-refractivity contribution in [2.45, 2.75) is 149 Å². The number of aliphatic hydroxyl groups is 10. The smallest absolute Gasteiger partial charge is 0.187 e. The van der Waals surface area contributed by atoms with Gasteiger partial charge < -0.3 is 103 Å². The molecule has 21 nitrogen and oxygen atoms in total. The third-order valence-corrected chi connectivity index (χ3v) is 13.2. The Labute approximate surface area is 421 Å². The van der Waals surface area contributed by atoms with E-state index in [1.807, 2.05) is 12.1 Å². The van der Waals surface area contributed by atoms with Crippen LogP contribution in [0.4, 0.5) is 0 Å². The molecule has 0 amide bonds. The molecule has 0 saturated carbocycles. The van der Waals surface area contributed by atoms with Gasteiger partial charge in [-0.2, -0.15) is 0 Å². The zero-order chi connectivity index (χ0) is 51.4. The molecule has 400 valence electrons. The number of benzene rings is 4. The zero-order valence-corrected chi connectivity index (χ0v) is 39.7. The molecule has 4 aromatic carbocycles. The normalized spacial score (nSPS) is 37.0. The van der Waals surface area contributed by atoms with Crippen molar-refractivity contribution in [3.8, 4) is 0 Å². The van der Waals surface area contributed by atoms with Gasteiger partial charge in [-0.1, -0.05) is 121 Å². The Hall–Kier alpha value is -3.96. The SMILES string of the molecule is OC[C@H]1O[C@@H](OC[C@H]2O[C@@H](O[C@H]3[C@H](OCc4ccccc4)[C@@H](CO)OC(O)[C@@H]3O)[C@H](O)[C@@H](O[C@@H]3O[C@H](CO)[C@@H](OCc4ccccc4)[C@H](O)[C@H]3O)[C@@H]2OCc2ccccc2)[C@H](O)[C@@H](O)[C@@H]1OCc1ccccc1. The van der Waals surface area contributed by atoms with Crippen LogP contribution < -0.4 is 0 Å². The van der Waals surface area contributed by atoms with E-state index in [2.05, 4.69) is 0 Å². The lowest BCUT2D eigenvalue weighted by Gasteiger charge is -2.50. The predicted octanol–water partition coefficient (Wildman–Crippen LogP) is -0.851. The maximum absolute atomic E-state index is 12.4. The van der Waals surface area contributed by atoms with Gasteiger partial charge in [0.15, 0.2) is 25.2 Å². The van der Waals surface area contributed by atoms with Gasteiger partial charge in [0.25, 0.3) is 0 Å². The lowest BCUT2D eigenvalue weighted by atomic mass is 9.95. The fourth-order valence-electron chi connectivity index (χ4n) is 9.24. The van der Waals surface area contributed by atoms with Gasteiger partial charge in [0, 0.05) is 0 Å². The highest BCUT2D eigenvalue weighted by atomic mass is 16.8. The maximum atomic E-state index is 12.4. The largest absolute Gasteiger partial charge is 0.394 e. The van der Waals surface area contributed by atoms with Crippen molar-refractivity contribution < 1.29 is 103 Å². The van der Waals surface area contributed by atoms with Crippen LogP contribution in [0.3, 0.4) is 0 Å². The van der Waals surface area contributed by atoms with E-state index in [0.29, 0.717) is 11.1 Å². The standard InChI is InChI=1S/C52H66O21/c53-21-33-43(63-24-29-13-5-1-6-14-29)37(56)39(58)50(69-33)67-28-36-46(66-27-32-19-11-4-12-20-32)48(73-51-40(59)38(57)44(34(22-54)70-51)64-25-30-15-7-2-8-16-30)42(61)52(71-36)72-47-41(60)49(62)68-35(23-55)45(47)65-26-31-17-9-3-10-18-31/h1-20,33-62H,21-28H2/t33-,34-,35-,36-,37-,38-,39-,40-,41-,42-,43-,44-,45-,46-,47-,48-,49?,50-,51+,52+/m1/s1. The summed E-state index contributed by atoms with van der Waals surface area (Å²) < 4.78 is 67.5. The van der Waals surface area contributed by atoms with Crippen molar-refractivity contribution in [3.63, 3.8) is 0 Å². The average molecular weight is 1030 g/mol. The minimum absolute atomic E-state index is 0.00769. The highest BCUT2D eigenvalue weighted by Crippen LogP contribution is 2.36. The van der Waals surface area contributed by atoms with Gasteiger partial charge in [-0.05, 0) is 22.3 Å². The highest BCUT2D eigenvalue weighted by molar-refractivity contribution is 5.16. The van der Waals surface area contributed by atoms with Crippen molar-refractivity contribution >= 4 is 0 Å². The van der Waals surface area contributed by atoms with E-state index in [9.17, 15) is 51.1 Å². The summed E-state index contributed by atoms with van der Waals surface area (Å²) in [6.07, 6.45) is -31.6. The average Bonchev–Trinajstić information content (AvgIpc) is 3.42. The molecule has 73 heavy (non-hydrogen) atoms. The van der Waals surface area contributed by atoms with Gasteiger partial charge in [-0.25, -0.2) is 0 Å². The fourth-order valence-corrected chi connectivity index (χ4v) is 9.24. The van der Waals surface area contributed by atoms with Crippen molar-refractivity contribution in [2.24, 2.45) is 0 Å². The second-order valence-corrected chi connectivity index (χ2v) is 18.3. The van der Waals surface area contributed by atoms with Crippen LogP contribution in [0.1, 0.15) is 22.3 Å². The molecule has 4 aromatic rings. The summed E-state index contributed by atoms with van der Waals surface area (Å²) in [5.41, 5.74) is 2.87. The van der Waals surface area contributed by atoms with E-state index in [1.54, 1.807) is 109 Å². The van der Waals surface area contributed by atoms with Gasteiger partial charge in [-0.15, -0.1) is 0 Å². The van der Waals surface area contributed by atoms with Crippen LogP contribution in [0, 0.1) is 0 Å². The molecule has 4 fully saturated rings. The summed E-state index contributed by atoms with van der Waals surface area (Å²) in [4.78, 5) is 0. The molecule has 0 aromatic heterocycles. The van der Waals surface area contributed by atoms with Crippen LogP contribution in [0.5, 0.6) is 0 Å². The first-order valence-electron chi connectivity index (χ1n) is 24.2. The minimum Gasteiger partial charge on any atom is -0.394 e. The van der Waals surface area contributed by atoms with Crippen LogP contribution in [-0.4, -0.2) is 200 Å². The number of aliphatic hydroxyl groups excluding tert-OH is 10. The Kier molecular flexibility index (Phi) is 20.2. The van der Waals surface area contributed by atoms with E-state index >= 15 is 0 Å². The van der Waals surface area contributed by atoms with Crippen LogP contribution in [-0.2, 0) is 78.5 Å². The third kappa shape index (κ3) is 13.7. The van der Waals surface area contributed by atoms with E-state index in [-0.39, 0.29) is 26.4 Å². The van der Waals surface area contributed by atoms with Crippen LogP contribution in [0.2, 0.25) is 0 Å². The molecule has 0 radical (unpaired) electrons. The molecule has 4 aliphatic rings. The quantitative estimate of drug-likeness (QED) is 0.0459. The zero-order valence-electron chi connectivity index (χ0n) is 39.7. The monoisotopic (exact) mass is 1030 g/mol. The second-order valence-electron chi connectivity index (χ2n) is 18.3. The Balaban J connectivity index is 1.09. The van der Waals surface area contributed by atoms with Gasteiger partial charge in [0.05, 0.1) is 52.9 Å². The molecule has 21 heteroatoms. The second kappa shape index (κ2) is 26.7. The van der Waals surface area contributed by atoms with Crippen molar-refractivity contribution in [1.29, 1.82) is 0 Å². The summed E-state index contributed by atoms with van der Waals surface area (Å²) in [6, 6.07) is 35.8. The molecule has 1 unspecified atom stereocenters. The summed E-state index contributed by atoms with van der Waals surface area (Å²) >= 11 is 0. The first kappa shape index (κ1) is 55.3. The van der Waals surface area contributed by atoms with Crippen molar-refractivity contribution in [1.82, 2.24) is 0 Å².